The molecule has 5 heteroatoms. The number of halogens is 1. The Morgan fingerprint density at radius 1 is 1.62 bits per heavy atom. The highest BCUT2D eigenvalue weighted by Gasteiger charge is 2.03. The first-order valence-electron chi connectivity index (χ1n) is 3.35. The van der Waals surface area contributed by atoms with Crippen LogP contribution in [0.25, 0.3) is 0 Å². The quantitative estimate of drug-likeness (QED) is 0.442. The molecule has 0 aliphatic heterocycles. The van der Waals surface area contributed by atoms with Gasteiger partial charge < -0.3 is 4.74 Å². The molecule has 0 saturated carbocycles. The molecular formula is C8H6ClNO2S. The molecule has 0 unspecified atom stereocenters. The van der Waals surface area contributed by atoms with Crippen molar-refractivity contribution in [1.29, 1.82) is 0 Å². The van der Waals surface area contributed by atoms with Gasteiger partial charge in [-0.15, -0.1) is 4.40 Å². The van der Waals surface area contributed by atoms with Crippen molar-refractivity contribution in [2.24, 2.45) is 4.40 Å². The molecule has 0 spiro atoms. The Balaban J connectivity index is 3.00. The molecule has 3 nitrogen and oxygen atoms in total. The molecule has 0 amide bonds. The molecule has 1 aromatic carbocycles. The average molecular weight is 216 g/mol. The lowest BCUT2D eigenvalue weighted by Gasteiger charge is -2.03. The van der Waals surface area contributed by atoms with Crippen LogP contribution >= 0.6 is 23.5 Å². The fourth-order valence-corrected chi connectivity index (χ4v) is 1.58. The van der Waals surface area contributed by atoms with Crippen molar-refractivity contribution in [2.75, 3.05) is 7.11 Å². The normalized spacial score (nSPS) is 9.08. The summed E-state index contributed by atoms with van der Waals surface area (Å²) in [6, 6.07) is 5.09. The first kappa shape index (κ1) is 10.1. The Hall–Kier alpha value is -0.960. The number of hydrogen-bond donors (Lipinski definition) is 0. The number of benzene rings is 1. The van der Waals surface area contributed by atoms with Crippen molar-refractivity contribution >= 4 is 29.6 Å². The van der Waals surface area contributed by atoms with Crippen LogP contribution in [0.4, 0.5) is 0 Å². The van der Waals surface area contributed by atoms with E-state index in [1.807, 2.05) is 0 Å². The Kier molecular flexibility index (Phi) is 3.83. The van der Waals surface area contributed by atoms with Crippen LogP contribution in [0.2, 0.25) is 5.02 Å². The Bertz CT molecular complexity index is 350. The summed E-state index contributed by atoms with van der Waals surface area (Å²) in [5.74, 6) is 0.633. The van der Waals surface area contributed by atoms with Crippen LogP contribution in [0.3, 0.4) is 0 Å². The van der Waals surface area contributed by atoms with Gasteiger partial charge in [0.1, 0.15) is 5.75 Å². The van der Waals surface area contributed by atoms with Gasteiger partial charge in [0, 0.05) is 17.0 Å². The standard InChI is InChI=1S/C8H6ClNO2S/c1-12-7-3-2-6(9)4-8(7)13-10-5-11/h2-4H,1H3. The van der Waals surface area contributed by atoms with Crippen molar-refractivity contribution in [3.8, 4) is 5.75 Å². The van der Waals surface area contributed by atoms with Gasteiger partial charge in [-0.05, 0) is 18.2 Å². The third-order valence-corrected chi connectivity index (χ3v) is 2.22. The van der Waals surface area contributed by atoms with Crippen LogP contribution in [0.1, 0.15) is 0 Å². The molecule has 0 aliphatic rings. The van der Waals surface area contributed by atoms with E-state index in [1.54, 1.807) is 18.2 Å². The number of hydrogen-bond acceptors (Lipinski definition) is 4. The minimum absolute atomic E-state index is 0.574. The highest BCUT2D eigenvalue weighted by Crippen LogP contribution is 2.31. The lowest BCUT2D eigenvalue weighted by molar-refractivity contribution is 0.405. The molecule has 0 bridgehead atoms. The second-order valence-corrected chi connectivity index (χ2v) is 3.31. The van der Waals surface area contributed by atoms with Crippen molar-refractivity contribution in [2.45, 2.75) is 4.90 Å². The van der Waals surface area contributed by atoms with Gasteiger partial charge in [-0.1, -0.05) is 11.6 Å². The van der Waals surface area contributed by atoms with E-state index in [0.29, 0.717) is 15.7 Å². The lowest BCUT2D eigenvalue weighted by Crippen LogP contribution is -1.84. The SMILES string of the molecule is COc1ccc(Cl)cc1SN=C=O. The molecule has 0 heterocycles. The average Bonchev–Trinajstić information content (AvgIpc) is 2.15. The predicted octanol–water partition coefficient (Wildman–Crippen LogP) is 2.69. The second-order valence-electron chi connectivity index (χ2n) is 2.07. The largest absolute Gasteiger partial charge is 0.496 e. The van der Waals surface area contributed by atoms with Crippen LogP contribution in [-0.4, -0.2) is 13.2 Å². The first-order valence-corrected chi connectivity index (χ1v) is 4.51. The van der Waals surface area contributed by atoms with E-state index >= 15 is 0 Å². The summed E-state index contributed by atoms with van der Waals surface area (Å²) in [5, 5.41) is 0.574. The zero-order chi connectivity index (χ0) is 9.68. The van der Waals surface area contributed by atoms with E-state index in [1.165, 1.54) is 13.2 Å². The van der Waals surface area contributed by atoms with Crippen LogP contribution in [0.5, 0.6) is 5.75 Å². The number of carbonyl (C=O) groups excluding carboxylic acids is 1. The Morgan fingerprint density at radius 2 is 2.38 bits per heavy atom. The zero-order valence-electron chi connectivity index (χ0n) is 6.78. The number of methoxy groups -OCH3 is 1. The van der Waals surface area contributed by atoms with E-state index in [9.17, 15) is 4.79 Å². The highest BCUT2D eigenvalue weighted by molar-refractivity contribution is 7.98. The molecule has 1 aromatic rings. The summed E-state index contributed by atoms with van der Waals surface area (Å²) >= 11 is 6.72. The van der Waals surface area contributed by atoms with Gasteiger partial charge in [-0.25, -0.2) is 4.79 Å². The van der Waals surface area contributed by atoms with Gasteiger partial charge >= 0.3 is 0 Å². The number of isocyanates is 1. The lowest BCUT2D eigenvalue weighted by atomic mass is 10.3. The maximum Gasteiger partial charge on any atom is 0.247 e. The van der Waals surface area contributed by atoms with E-state index in [4.69, 9.17) is 16.3 Å². The summed E-state index contributed by atoms with van der Waals surface area (Å²) in [7, 11) is 1.54. The van der Waals surface area contributed by atoms with Crippen molar-refractivity contribution in [1.82, 2.24) is 0 Å². The molecule has 0 atom stereocenters. The summed E-state index contributed by atoms with van der Waals surface area (Å²) in [6.45, 7) is 0. The van der Waals surface area contributed by atoms with Gasteiger partial charge in [0.15, 0.2) is 0 Å². The molecule has 0 aliphatic carbocycles. The number of nitrogens with zero attached hydrogens (tertiary/aromatic N) is 1. The third-order valence-electron chi connectivity index (χ3n) is 1.31. The van der Waals surface area contributed by atoms with Crippen LogP contribution in [-0.2, 0) is 4.79 Å². The molecule has 68 valence electrons. The Labute approximate surface area is 84.9 Å². The third kappa shape index (κ3) is 2.77. The second kappa shape index (κ2) is 4.92. The Morgan fingerprint density at radius 3 is 3.00 bits per heavy atom. The minimum atomic E-state index is 0.574. The van der Waals surface area contributed by atoms with E-state index in [-0.39, 0.29) is 0 Å². The van der Waals surface area contributed by atoms with Gasteiger partial charge in [-0.2, -0.15) is 0 Å². The fraction of sp³-hybridized carbons (Fsp3) is 0.125. The van der Waals surface area contributed by atoms with E-state index in [0.717, 1.165) is 11.9 Å². The summed E-state index contributed by atoms with van der Waals surface area (Å²) in [6.07, 6.45) is 1.43. The maximum absolute atomic E-state index is 9.88. The van der Waals surface area contributed by atoms with Crippen LogP contribution in [0.15, 0.2) is 27.5 Å². The van der Waals surface area contributed by atoms with Gasteiger partial charge in [0.25, 0.3) is 0 Å². The van der Waals surface area contributed by atoms with E-state index < -0.39 is 0 Å². The molecule has 0 N–H and O–H groups in total. The molecular weight excluding hydrogens is 210 g/mol. The van der Waals surface area contributed by atoms with Crippen molar-refractivity contribution in [3.05, 3.63) is 23.2 Å². The van der Waals surface area contributed by atoms with Crippen LogP contribution < -0.4 is 4.74 Å². The minimum Gasteiger partial charge on any atom is -0.496 e. The molecule has 13 heavy (non-hydrogen) atoms. The van der Waals surface area contributed by atoms with Crippen LogP contribution in [0, 0.1) is 0 Å². The number of ether oxygens (including phenoxy) is 1. The predicted molar refractivity (Wildman–Crippen MR) is 52.0 cm³/mol. The van der Waals surface area contributed by atoms with E-state index in [2.05, 4.69) is 4.40 Å². The smallest absolute Gasteiger partial charge is 0.247 e. The fourth-order valence-electron chi connectivity index (χ4n) is 0.790. The topological polar surface area (TPSA) is 38.7 Å². The van der Waals surface area contributed by atoms with Gasteiger partial charge in [0.05, 0.1) is 12.0 Å². The van der Waals surface area contributed by atoms with Crippen molar-refractivity contribution in [3.63, 3.8) is 0 Å². The molecule has 0 aromatic heterocycles. The monoisotopic (exact) mass is 215 g/mol. The first-order chi connectivity index (χ1) is 6.27. The summed E-state index contributed by atoms with van der Waals surface area (Å²) in [4.78, 5) is 10.6. The highest BCUT2D eigenvalue weighted by atomic mass is 35.5. The van der Waals surface area contributed by atoms with Crippen molar-refractivity contribution < 1.29 is 9.53 Å². The zero-order valence-corrected chi connectivity index (χ0v) is 8.35. The number of rotatable bonds is 3. The maximum atomic E-state index is 9.88. The molecule has 0 saturated heterocycles. The molecule has 1 rings (SSSR count). The molecule has 0 fully saturated rings. The van der Waals surface area contributed by atoms with Gasteiger partial charge in [-0.3, -0.25) is 0 Å². The summed E-state index contributed by atoms with van der Waals surface area (Å²) < 4.78 is 8.39. The molecule has 0 radical (unpaired) electrons. The van der Waals surface area contributed by atoms with Gasteiger partial charge in [0.2, 0.25) is 6.08 Å². The summed E-state index contributed by atoms with van der Waals surface area (Å²) in [5.41, 5.74) is 0.